The first-order chi connectivity index (χ1) is 16.7. The molecule has 4 nitrogen and oxygen atoms in total. The molecule has 5 aliphatic carbocycles. The van der Waals surface area contributed by atoms with Gasteiger partial charge in [-0.05, 0) is 91.9 Å². The Morgan fingerprint density at radius 3 is 2.39 bits per heavy atom. The molecule has 1 saturated heterocycles. The molecule has 0 unspecified atom stereocenters. The molecule has 1 heterocycles. The minimum atomic E-state index is -0.477. The van der Waals surface area contributed by atoms with Gasteiger partial charge in [0.2, 0.25) is 0 Å². The lowest BCUT2D eigenvalue weighted by atomic mass is 9.32. The zero-order chi connectivity index (χ0) is 26.1. The summed E-state index contributed by atoms with van der Waals surface area (Å²) in [5.41, 5.74) is -0.681. The van der Waals surface area contributed by atoms with Crippen LogP contribution in [0.4, 0.5) is 0 Å². The van der Waals surface area contributed by atoms with E-state index in [0.29, 0.717) is 23.7 Å². The summed E-state index contributed by atoms with van der Waals surface area (Å²) in [5.74, 6) is 2.27. The average Bonchev–Trinajstić information content (AvgIpc) is 2.99. The van der Waals surface area contributed by atoms with Crippen LogP contribution in [-0.2, 0) is 19.1 Å². The fourth-order valence-electron chi connectivity index (χ4n) is 11.8. The number of hydrogen-bond acceptors (Lipinski definition) is 4. The molecule has 0 aromatic rings. The number of fused-ring (bicyclic) bond motifs is 4. The Balaban J connectivity index is 1.46. The SMILES string of the molecule is CC(=O)O[C@H]1CC[C@@]2(C)[C@H](CC[C@]3(C)[C@H]2C=C[C@]24OC(=O)[C@@]5(CC[C@@H](C)[C@H](C)[C@@H]52)CC[C@]43C)C1(C)C. The minimum Gasteiger partial charge on any atom is -0.462 e. The van der Waals surface area contributed by atoms with Gasteiger partial charge in [-0.25, -0.2) is 0 Å². The second-order valence-corrected chi connectivity index (χ2v) is 15.3. The molecule has 0 amide bonds. The zero-order valence-electron chi connectivity index (χ0n) is 23.9. The molecule has 6 aliphatic rings. The zero-order valence-corrected chi connectivity index (χ0v) is 23.9. The summed E-state index contributed by atoms with van der Waals surface area (Å²) in [6.07, 6.45) is 13.4. The van der Waals surface area contributed by atoms with Gasteiger partial charge in [0.05, 0.1) is 5.41 Å². The van der Waals surface area contributed by atoms with Crippen LogP contribution in [0.3, 0.4) is 0 Å². The Hall–Kier alpha value is -1.32. The van der Waals surface area contributed by atoms with Crippen molar-refractivity contribution < 1.29 is 19.1 Å². The van der Waals surface area contributed by atoms with Gasteiger partial charge in [-0.3, -0.25) is 9.59 Å². The van der Waals surface area contributed by atoms with Gasteiger partial charge in [-0.1, -0.05) is 54.5 Å². The molecule has 0 radical (unpaired) electrons. The predicted molar refractivity (Wildman–Crippen MR) is 140 cm³/mol. The number of esters is 2. The highest BCUT2D eigenvalue weighted by molar-refractivity contribution is 5.82. The lowest BCUT2D eigenvalue weighted by molar-refractivity contribution is -0.247. The van der Waals surface area contributed by atoms with E-state index in [-0.39, 0.29) is 51.0 Å². The standard InChI is InChI=1S/C32H48O4/c1-19-9-15-31-18-17-30(8)29(7)14-10-22-27(4,5)24(35-21(3)33)12-13-28(22,6)23(29)11-16-32(30,36-26(31)34)25(31)20(19)2/h11,16,19-20,22-25H,9-10,12-15,17-18H2,1-8H3/t19-,20+,22-,23+,24+,25+,28+,29-,30+,31+,32+/m1/s1. The van der Waals surface area contributed by atoms with Crippen LogP contribution in [0.15, 0.2) is 12.2 Å². The van der Waals surface area contributed by atoms with Gasteiger partial charge in [0.1, 0.15) is 11.7 Å². The molecular formula is C32H48O4. The normalized spacial score (nSPS) is 56.5. The van der Waals surface area contributed by atoms with Crippen molar-refractivity contribution in [2.24, 2.45) is 56.7 Å². The van der Waals surface area contributed by atoms with Crippen LogP contribution >= 0.6 is 0 Å². The van der Waals surface area contributed by atoms with Gasteiger partial charge in [-0.15, -0.1) is 0 Å². The molecular weight excluding hydrogens is 448 g/mol. The molecule has 11 atom stereocenters. The van der Waals surface area contributed by atoms with Crippen LogP contribution in [0, 0.1) is 56.7 Å². The summed E-state index contributed by atoms with van der Waals surface area (Å²) >= 11 is 0. The van der Waals surface area contributed by atoms with Crippen LogP contribution in [0.5, 0.6) is 0 Å². The fourth-order valence-corrected chi connectivity index (χ4v) is 11.8. The number of hydrogen-bond donors (Lipinski definition) is 0. The predicted octanol–water partition coefficient (Wildman–Crippen LogP) is 7.11. The van der Waals surface area contributed by atoms with Gasteiger partial charge < -0.3 is 9.47 Å². The monoisotopic (exact) mass is 496 g/mol. The Labute approximate surface area is 218 Å². The smallest absolute Gasteiger partial charge is 0.313 e. The van der Waals surface area contributed by atoms with Gasteiger partial charge in [0.15, 0.2) is 0 Å². The maximum atomic E-state index is 13.7. The highest BCUT2D eigenvalue weighted by Gasteiger charge is 2.80. The van der Waals surface area contributed by atoms with E-state index in [1.807, 2.05) is 0 Å². The van der Waals surface area contributed by atoms with Crippen molar-refractivity contribution in [1.29, 1.82) is 0 Å². The summed E-state index contributed by atoms with van der Waals surface area (Å²) in [6, 6.07) is 0. The largest absolute Gasteiger partial charge is 0.462 e. The van der Waals surface area contributed by atoms with E-state index in [4.69, 9.17) is 9.47 Å². The third-order valence-electron chi connectivity index (χ3n) is 14.1. The third kappa shape index (κ3) is 2.58. The van der Waals surface area contributed by atoms with Crippen LogP contribution < -0.4 is 0 Å². The maximum Gasteiger partial charge on any atom is 0.313 e. The number of ether oxygens (including phenoxy) is 2. The van der Waals surface area contributed by atoms with E-state index in [9.17, 15) is 9.59 Å². The van der Waals surface area contributed by atoms with Gasteiger partial charge >= 0.3 is 11.9 Å². The summed E-state index contributed by atoms with van der Waals surface area (Å²) in [7, 11) is 0. The van der Waals surface area contributed by atoms with Crippen molar-refractivity contribution in [3.8, 4) is 0 Å². The van der Waals surface area contributed by atoms with Crippen molar-refractivity contribution >= 4 is 11.9 Å². The molecule has 2 bridgehead atoms. The Morgan fingerprint density at radius 1 is 0.972 bits per heavy atom. The van der Waals surface area contributed by atoms with Crippen molar-refractivity contribution in [2.45, 2.75) is 118 Å². The van der Waals surface area contributed by atoms with Crippen LogP contribution in [0.2, 0.25) is 0 Å². The number of carbonyl (C=O) groups is 2. The van der Waals surface area contributed by atoms with Gasteiger partial charge in [-0.2, -0.15) is 0 Å². The summed E-state index contributed by atoms with van der Waals surface area (Å²) in [4.78, 5) is 25.6. The van der Waals surface area contributed by atoms with E-state index >= 15 is 0 Å². The Morgan fingerprint density at radius 2 is 1.69 bits per heavy atom. The van der Waals surface area contributed by atoms with Crippen LogP contribution in [-0.4, -0.2) is 23.6 Å². The first-order valence-electron chi connectivity index (χ1n) is 14.8. The quantitative estimate of drug-likeness (QED) is 0.287. The average molecular weight is 497 g/mol. The molecule has 4 saturated carbocycles. The van der Waals surface area contributed by atoms with Crippen LogP contribution in [0.25, 0.3) is 0 Å². The molecule has 5 fully saturated rings. The van der Waals surface area contributed by atoms with Gasteiger partial charge in [0, 0.05) is 23.7 Å². The van der Waals surface area contributed by atoms with E-state index in [0.717, 1.165) is 51.4 Å². The van der Waals surface area contributed by atoms with Crippen molar-refractivity contribution in [1.82, 2.24) is 0 Å². The topological polar surface area (TPSA) is 52.6 Å². The molecule has 36 heavy (non-hydrogen) atoms. The molecule has 0 aromatic heterocycles. The van der Waals surface area contributed by atoms with Crippen molar-refractivity contribution in [2.75, 3.05) is 0 Å². The molecule has 200 valence electrons. The Bertz CT molecular complexity index is 1030. The second kappa shape index (κ2) is 7.20. The lowest BCUT2D eigenvalue weighted by Gasteiger charge is -2.72. The lowest BCUT2D eigenvalue weighted by Crippen LogP contribution is -2.71. The summed E-state index contributed by atoms with van der Waals surface area (Å²) in [6.45, 7) is 18.6. The fraction of sp³-hybridized carbons (Fsp3) is 0.875. The molecule has 1 spiro atoms. The first kappa shape index (κ1) is 25.0. The molecule has 4 heteroatoms. The summed E-state index contributed by atoms with van der Waals surface area (Å²) < 4.78 is 12.6. The minimum absolute atomic E-state index is 0.0115. The maximum absolute atomic E-state index is 13.7. The van der Waals surface area contributed by atoms with Crippen molar-refractivity contribution in [3.05, 3.63) is 12.2 Å². The Kier molecular flexibility index (Phi) is 5.00. The first-order valence-corrected chi connectivity index (χ1v) is 14.8. The van der Waals surface area contributed by atoms with Crippen molar-refractivity contribution in [3.63, 3.8) is 0 Å². The van der Waals surface area contributed by atoms with Crippen LogP contribution in [0.1, 0.15) is 107 Å². The number of rotatable bonds is 1. The van der Waals surface area contributed by atoms with Gasteiger partial charge in [0.25, 0.3) is 0 Å². The van der Waals surface area contributed by atoms with E-state index in [2.05, 4.69) is 60.6 Å². The highest BCUT2D eigenvalue weighted by Crippen LogP contribution is 2.79. The number of carbonyl (C=O) groups excluding carboxylic acids is 2. The molecule has 1 aliphatic heterocycles. The molecule has 0 N–H and O–H groups in total. The number of allylic oxidation sites excluding steroid dienone is 1. The van der Waals surface area contributed by atoms with E-state index in [1.54, 1.807) is 6.92 Å². The molecule has 6 rings (SSSR count). The van der Waals surface area contributed by atoms with E-state index < -0.39 is 5.60 Å². The second-order valence-electron chi connectivity index (χ2n) is 15.3. The van der Waals surface area contributed by atoms with E-state index in [1.165, 1.54) is 0 Å². The highest BCUT2D eigenvalue weighted by atomic mass is 16.6. The molecule has 0 aromatic carbocycles. The summed E-state index contributed by atoms with van der Waals surface area (Å²) in [5, 5.41) is 0. The third-order valence-corrected chi connectivity index (χ3v) is 14.1.